The van der Waals surface area contributed by atoms with Crippen molar-refractivity contribution in [3.05, 3.63) is 69.0 Å². The topological polar surface area (TPSA) is 57.6 Å². The molecule has 6 heteroatoms. The second kappa shape index (κ2) is 10.4. The van der Waals surface area contributed by atoms with Gasteiger partial charge in [0.2, 0.25) is 0 Å². The SMILES string of the molecule is CCNC(=O)c1ccc(-c2csc(Cc3cc(C)c(/N=C/N(C)CC)cc3C)n2)cc1. The number of amides is 1. The highest BCUT2D eigenvalue weighted by atomic mass is 32.1. The van der Waals surface area contributed by atoms with Crippen LogP contribution in [0.1, 0.15) is 45.9 Å². The molecule has 0 atom stereocenters. The number of thiazole rings is 1. The normalized spacial score (nSPS) is 11.1. The molecule has 5 nitrogen and oxygen atoms in total. The van der Waals surface area contributed by atoms with Crippen LogP contribution in [0, 0.1) is 13.8 Å². The van der Waals surface area contributed by atoms with Crippen LogP contribution in [0.5, 0.6) is 0 Å². The van der Waals surface area contributed by atoms with E-state index in [4.69, 9.17) is 4.98 Å². The van der Waals surface area contributed by atoms with Crippen LogP contribution in [0.15, 0.2) is 46.8 Å². The third-order valence-electron chi connectivity index (χ3n) is 5.22. The molecular formula is C25H30N4OS. The molecule has 0 radical (unpaired) electrons. The van der Waals surface area contributed by atoms with Crippen molar-refractivity contribution in [2.45, 2.75) is 34.1 Å². The van der Waals surface area contributed by atoms with E-state index in [1.807, 2.05) is 44.6 Å². The molecule has 0 fully saturated rings. The summed E-state index contributed by atoms with van der Waals surface area (Å²) in [5.41, 5.74) is 7.30. The van der Waals surface area contributed by atoms with Crippen molar-refractivity contribution >= 4 is 29.3 Å². The highest BCUT2D eigenvalue weighted by molar-refractivity contribution is 7.10. The summed E-state index contributed by atoms with van der Waals surface area (Å²) in [4.78, 5) is 23.4. The highest BCUT2D eigenvalue weighted by Crippen LogP contribution is 2.28. The smallest absolute Gasteiger partial charge is 0.251 e. The molecule has 3 rings (SSSR count). The molecule has 0 aliphatic rings. The molecule has 0 bridgehead atoms. The molecule has 0 aliphatic carbocycles. The van der Waals surface area contributed by atoms with E-state index in [9.17, 15) is 4.79 Å². The Morgan fingerprint density at radius 1 is 1.16 bits per heavy atom. The van der Waals surface area contributed by atoms with Crippen molar-refractivity contribution in [1.29, 1.82) is 0 Å². The number of rotatable bonds is 8. The number of hydrogen-bond acceptors (Lipinski definition) is 4. The number of benzene rings is 2. The third-order valence-corrected chi connectivity index (χ3v) is 6.07. The maximum absolute atomic E-state index is 11.9. The Labute approximate surface area is 188 Å². The van der Waals surface area contributed by atoms with Gasteiger partial charge in [0, 0.05) is 43.1 Å². The van der Waals surface area contributed by atoms with Gasteiger partial charge in [0.25, 0.3) is 5.91 Å². The van der Waals surface area contributed by atoms with Crippen molar-refractivity contribution in [3.63, 3.8) is 0 Å². The predicted octanol–water partition coefficient (Wildman–Crippen LogP) is 5.38. The fraction of sp³-hybridized carbons (Fsp3) is 0.320. The van der Waals surface area contributed by atoms with Gasteiger partial charge < -0.3 is 10.2 Å². The Morgan fingerprint density at radius 2 is 1.90 bits per heavy atom. The minimum Gasteiger partial charge on any atom is -0.366 e. The first-order valence-corrected chi connectivity index (χ1v) is 11.5. The zero-order valence-corrected chi connectivity index (χ0v) is 19.7. The summed E-state index contributed by atoms with van der Waals surface area (Å²) in [7, 11) is 2.02. The van der Waals surface area contributed by atoms with Gasteiger partial charge in [0.15, 0.2) is 0 Å². The lowest BCUT2D eigenvalue weighted by atomic mass is 10.0. The summed E-state index contributed by atoms with van der Waals surface area (Å²) >= 11 is 1.67. The number of nitrogens with zero attached hydrogens (tertiary/aromatic N) is 3. The van der Waals surface area contributed by atoms with Crippen molar-refractivity contribution in [2.75, 3.05) is 20.1 Å². The Balaban J connectivity index is 1.74. The van der Waals surface area contributed by atoms with E-state index in [-0.39, 0.29) is 5.91 Å². The lowest BCUT2D eigenvalue weighted by Gasteiger charge is -2.11. The number of aryl methyl sites for hydroxylation is 2. The summed E-state index contributed by atoms with van der Waals surface area (Å²) in [6, 6.07) is 12.0. The monoisotopic (exact) mass is 434 g/mol. The van der Waals surface area contributed by atoms with Crippen LogP contribution in [0.25, 0.3) is 11.3 Å². The minimum atomic E-state index is -0.0482. The molecule has 1 amide bonds. The molecule has 2 aromatic carbocycles. The standard InChI is InChI=1S/C25H30N4OS/c1-6-26-25(30)20-10-8-19(9-11-20)23-15-31-24(28-23)14-21-12-18(4)22(13-17(21)3)27-16-29(5)7-2/h8-13,15-16H,6-7,14H2,1-5H3,(H,26,30)/b27-16+. The summed E-state index contributed by atoms with van der Waals surface area (Å²) < 4.78 is 0. The van der Waals surface area contributed by atoms with Crippen LogP contribution in [-0.2, 0) is 6.42 Å². The number of carbonyl (C=O) groups is 1. The number of nitrogens with one attached hydrogen (secondary N) is 1. The molecule has 1 N–H and O–H groups in total. The molecule has 0 unspecified atom stereocenters. The molecule has 0 saturated heterocycles. The zero-order chi connectivity index (χ0) is 22.4. The molecule has 0 spiro atoms. The number of aliphatic imine (C=N–C) groups is 1. The molecular weight excluding hydrogens is 404 g/mol. The van der Waals surface area contributed by atoms with Gasteiger partial charge in [-0.15, -0.1) is 11.3 Å². The van der Waals surface area contributed by atoms with Gasteiger partial charge in [-0.05, 0) is 62.6 Å². The van der Waals surface area contributed by atoms with Gasteiger partial charge in [0.05, 0.1) is 22.7 Å². The van der Waals surface area contributed by atoms with Gasteiger partial charge in [-0.3, -0.25) is 4.79 Å². The van der Waals surface area contributed by atoms with Crippen molar-refractivity contribution < 1.29 is 4.79 Å². The molecule has 0 saturated carbocycles. The Hall–Kier alpha value is -2.99. The van der Waals surface area contributed by atoms with E-state index in [2.05, 4.69) is 53.5 Å². The highest BCUT2D eigenvalue weighted by Gasteiger charge is 2.10. The van der Waals surface area contributed by atoms with E-state index >= 15 is 0 Å². The minimum absolute atomic E-state index is 0.0482. The van der Waals surface area contributed by atoms with Crippen molar-refractivity contribution in [2.24, 2.45) is 4.99 Å². The van der Waals surface area contributed by atoms with Crippen LogP contribution in [0.2, 0.25) is 0 Å². The van der Waals surface area contributed by atoms with Gasteiger partial charge in [-0.2, -0.15) is 0 Å². The van der Waals surface area contributed by atoms with Crippen molar-refractivity contribution in [1.82, 2.24) is 15.2 Å². The average molecular weight is 435 g/mol. The Morgan fingerprint density at radius 3 is 2.58 bits per heavy atom. The van der Waals surface area contributed by atoms with Gasteiger partial charge in [-0.25, -0.2) is 9.98 Å². The second-order valence-electron chi connectivity index (χ2n) is 7.62. The summed E-state index contributed by atoms with van der Waals surface area (Å²) in [5.74, 6) is -0.0482. The maximum Gasteiger partial charge on any atom is 0.251 e. The first kappa shape index (κ1) is 22.7. The lowest BCUT2D eigenvalue weighted by molar-refractivity contribution is 0.0956. The summed E-state index contributed by atoms with van der Waals surface area (Å²) in [5, 5.41) is 5.98. The molecule has 31 heavy (non-hydrogen) atoms. The van der Waals surface area contributed by atoms with Gasteiger partial charge in [0.1, 0.15) is 0 Å². The van der Waals surface area contributed by atoms with E-state index in [1.165, 1.54) is 16.7 Å². The van der Waals surface area contributed by atoms with E-state index in [1.54, 1.807) is 11.3 Å². The van der Waals surface area contributed by atoms with Crippen molar-refractivity contribution in [3.8, 4) is 11.3 Å². The third kappa shape index (κ3) is 5.79. The molecule has 1 aromatic heterocycles. The molecule has 3 aromatic rings. The first-order valence-electron chi connectivity index (χ1n) is 10.6. The predicted molar refractivity (Wildman–Crippen MR) is 131 cm³/mol. The van der Waals surface area contributed by atoms with Gasteiger partial charge >= 0.3 is 0 Å². The molecule has 0 aliphatic heterocycles. The van der Waals surface area contributed by atoms with Crippen LogP contribution in [0.3, 0.4) is 0 Å². The van der Waals surface area contributed by atoms with Crippen LogP contribution in [-0.4, -0.2) is 42.3 Å². The molecule has 1 heterocycles. The fourth-order valence-electron chi connectivity index (χ4n) is 3.18. The van der Waals surface area contributed by atoms with E-state index < -0.39 is 0 Å². The van der Waals surface area contributed by atoms with E-state index in [0.29, 0.717) is 12.1 Å². The van der Waals surface area contributed by atoms with Crippen LogP contribution in [0.4, 0.5) is 5.69 Å². The maximum atomic E-state index is 11.9. The lowest BCUT2D eigenvalue weighted by Crippen LogP contribution is -2.22. The summed E-state index contributed by atoms with van der Waals surface area (Å²) in [6.45, 7) is 9.81. The largest absolute Gasteiger partial charge is 0.366 e. The van der Waals surface area contributed by atoms with E-state index in [0.717, 1.165) is 34.9 Å². The average Bonchev–Trinajstić information content (AvgIpc) is 3.23. The Kier molecular flexibility index (Phi) is 7.58. The molecule has 162 valence electrons. The zero-order valence-electron chi connectivity index (χ0n) is 18.9. The number of hydrogen-bond donors (Lipinski definition) is 1. The van der Waals surface area contributed by atoms with Gasteiger partial charge in [-0.1, -0.05) is 18.2 Å². The second-order valence-corrected chi connectivity index (χ2v) is 8.57. The number of aromatic nitrogens is 1. The fourth-order valence-corrected chi connectivity index (χ4v) is 4.00. The Bertz CT molecular complexity index is 1070. The first-order chi connectivity index (χ1) is 14.9. The van der Waals surface area contributed by atoms with Crippen LogP contribution >= 0.6 is 11.3 Å². The number of carbonyl (C=O) groups excluding carboxylic acids is 1. The van der Waals surface area contributed by atoms with Crippen LogP contribution < -0.4 is 5.32 Å². The summed E-state index contributed by atoms with van der Waals surface area (Å²) in [6.07, 6.45) is 2.68. The quantitative estimate of drug-likeness (QED) is 0.383.